The zero-order chi connectivity index (χ0) is 10.7. The van der Waals surface area contributed by atoms with Gasteiger partial charge in [-0.25, -0.2) is 0 Å². The van der Waals surface area contributed by atoms with Crippen molar-refractivity contribution in [3.63, 3.8) is 0 Å². The first-order valence-corrected chi connectivity index (χ1v) is 5.43. The van der Waals surface area contributed by atoms with Crippen LogP contribution in [-0.4, -0.2) is 0 Å². The molecule has 0 aromatic heterocycles. The van der Waals surface area contributed by atoms with Crippen LogP contribution in [0.1, 0.15) is 0 Å². The van der Waals surface area contributed by atoms with E-state index in [-0.39, 0.29) is 0 Å². The predicted octanol–water partition coefficient (Wildman–Crippen LogP) is 3.77. The number of rotatable bonds is 2. The van der Waals surface area contributed by atoms with Gasteiger partial charge in [0.05, 0.1) is 11.4 Å². The third-order valence-corrected chi connectivity index (χ3v) is 2.75. The molecule has 0 radical (unpaired) electrons. The molecule has 15 heavy (non-hydrogen) atoms. The van der Waals surface area contributed by atoms with Crippen molar-refractivity contribution in [3.8, 4) is 0 Å². The number of nitrogens with one attached hydrogen (secondary N) is 1. The quantitative estimate of drug-likeness (QED) is 0.809. The zero-order valence-corrected chi connectivity index (χ0v) is 9.66. The molecule has 0 saturated carbocycles. The van der Waals surface area contributed by atoms with Crippen molar-refractivity contribution in [3.05, 3.63) is 53.0 Å². The summed E-state index contributed by atoms with van der Waals surface area (Å²) in [6, 6.07) is 15.7. The van der Waals surface area contributed by atoms with Crippen molar-refractivity contribution >= 4 is 33.0 Å². The van der Waals surface area contributed by atoms with Crippen molar-refractivity contribution in [1.29, 1.82) is 0 Å². The summed E-state index contributed by atoms with van der Waals surface area (Å²) in [6.07, 6.45) is 0. The highest BCUT2D eigenvalue weighted by molar-refractivity contribution is 9.10. The van der Waals surface area contributed by atoms with Crippen molar-refractivity contribution in [1.82, 2.24) is 0 Å². The molecule has 2 nitrogen and oxygen atoms in total. The van der Waals surface area contributed by atoms with Crippen molar-refractivity contribution in [2.75, 3.05) is 11.1 Å². The van der Waals surface area contributed by atoms with Crippen LogP contribution in [0.2, 0.25) is 0 Å². The molecule has 0 aliphatic rings. The Balaban J connectivity index is 2.32. The summed E-state index contributed by atoms with van der Waals surface area (Å²) in [7, 11) is 0. The highest BCUT2D eigenvalue weighted by atomic mass is 79.9. The molecule has 0 aliphatic carbocycles. The second-order valence-electron chi connectivity index (χ2n) is 3.20. The average molecular weight is 263 g/mol. The monoisotopic (exact) mass is 262 g/mol. The Bertz CT molecular complexity index is 434. The molecule has 0 saturated heterocycles. The van der Waals surface area contributed by atoms with Gasteiger partial charge in [0.25, 0.3) is 0 Å². The summed E-state index contributed by atoms with van der Waals surface area (Å²) < 4.78 is 0.964. The molecule has 0 fully saturated rings. The van der Waals surface area contributed by atoms with E-state index < -0.39 is 0 Å². The summed E-state index contributed by atoms with van der Waals surface area (Å²) in [6.45, 7) is 0. The summed E-state index contributed by atoms with van der Waals surface area (Å²) in [5.74, 6) is 0. The number of para-hydroxylation sites is 2. The van der Waals surface area contributed by atoms with Crippen LogP contribution in [0.5, 0.6) is 0 Å². The number of nitrogens with two attached hydrogens (primary N) is 1. The maximum atomic E-state index is 5.88. The highest BCUT2D eigenvalue weighted by Crippen LogP contribution is 2.30. The van der Waals surface area contributed by atoms with E-state index >= 15 is 0 Å². The fourth-order valence-corrected chi connectivity index (χ4v) is 1.82. The lowest BCUT2D eigenvalue weighted by Crippen LogP contribution is -1.96. The number of anilines is 3. The Morgan fingerprint density at radius 2 is 1.67 bits per heavy atom. The molecule has 0 aliphatic heterocycles. The molecule has 0 spiro atoms. The third-order valence-electron chi connectivity index (χ3n) is 2.09. The summed E-state index contributed by atoms with van der Waals surface area (Å²) in [4.78, 5) is 0. The molecule has 0 amide bonds. The predicted molar refractivity (Wildman–Crippen MR) is 68.3 cm³/mol. The van der Waals surface area contributed by atoms with Gasteiger partial charge in [-0.1, -0.05) is 24.3 Å². The molecule has 2 aromatic carbocycles. The molecular weight excluding hydrogens is 252 g/mol. The van der Waals surface area contributed by atoms with E-state index in [0.29, 0.717) is 0 Å². The van der Waals surface area contributed by atoms with Crippen molar-refractivity contribution < 1.29 is 0 Å². The largest absolute Gasteiger partial charge is 0.397 e. The van der Waals surface area contributed by atoms with Gasteiger partial charge in [-0.2, -0.15) is 0 Å². The molecule has 2 rings (SSSR count). The maximum Gasteiger partial charge on any atom is 0.0762 e. The number of hydrogen-bond donors (Lipinski definition) is 2. The fourth-order valence-electron chi connectivity index (χ4n) is 1.34. The van der Waals surface area contributed by atoms with E-state index in [0.717, 1.165) is 21.5 Å². The molecule has 0 unspecified atom stereocenters. The van der Waals surface area contributed by atoms with Gasteiger partial charge < -0.3 is 11.1 Å². The molecule has 0 atom stereocenters. The van der Waals surface area contributed by atoms with E-state index in [4.69, 9.17) is 5.73 Å². The van der Waals surface area contributed by atoms with Gasteiger partial charge in [0, 0.05) is 10.2 Å². The van der Waals surface area contributed by atoms with Gasteiger partial charge in [-0.3, -0.25) is 0 Å². The molecule has 76 valence electrons. The third kappa shape index (κ3) is 2.30. The number of halogens is 1. The number of hydrogen-bond acceptors (Lipinski definition) is 2. The van der Waals surface area contributed by atoms with Crippen LogP contribution in [0.15, 0.2) is 53.0 Å². The lowest BCUT2D eigenvalue weighted by Gasteiger charge is -2.10. The van der Waals surface area contributed by atoms with Crippen molar-refractivity contribution in [2.45, 2.75) is 0 Å². The van der Waals surface area contributed by atoms with Gasteiger partial charge >= 0.3 is 0 Å². The minimum Gasteiger partial charge on any atom is -0.397 e. The molecule has 3 N–H and O–H groups in total. The Morgan fingerprint density at radius 1 is 0.933 bits per heavy atom. The molecule has 0 bridgehead atoms. The van der Waals surface area contributed by atoms with Gasteiger partial charge in [0.1, 0.15) is 0 Å². The van der Waals surface area contributed by atoms with Gasteiger partial charge in [-0.15, -0.1) is 0 Å². The Morgan fingerprint density at radius 3 is 2.33 bits per heavy atom. The van der Waals surface area contributed by atoms with Crippen LogP contribution in [0.4, 0.5) is 17.1 Å². The van der Waals surface area contributed by atoms with Crippen LogP contribution in [-0.2, 0) is 0 Å². The standard InChI is InChI=1S/C12H11BrN2/c13-10-7-4-8-11(14)12(10)15-9-5-2-1-3-6-9/h1-8,15H,14H2. The molecule has 0 heterocycles. The average Bonchev–Trinajstić information content (AvgIpc) is 2.25. The first kappa shape index (κ1) is 10.1. The van der Waals surface area contributed by atoms with E-state index in [1.54, 1.807) is 0 Å². The van der Waals surface area contributed by atoms with Gasteiger partial charge in [-0.05, 0) is 40.2 Å². The van der Waals surface area contributed by atoms with Crippen LogP contribution in [0, 0.1) is 0 Å². The second-order valence-corrected chi connectivity index (χ2v) is 4.05. The topological polar surface area (TPSA) is 38.0 Å². The first-order chi connectivity index (χ1) is 7.27. The Hall–Kier alpha value is -1.48. The zero-order valence-electron chi connectivity index (χ0n) is 8.07. The normalized spacial score (nSPS) is 9.93. The highest BCUT2D eigenvalue weighted by Gasteiger charge is 2.03. The summed E-state index contributed by atoms with van der Waals surface area (Å²) in [5, 5.41) is 3.27. The minimum atomic E-state index is 0.730. The molecular formula is C12H11BrN2. The van der Waals surface area contributed by atoms with E-state index in [1.807, 2.05) is 48.5 Å². The van der Waals surface area contributed by atoms with Crippen LogP contribution < -0.4 is 11.1 Å². The first-order valence-electron chi connectivity index (χ1n) is 4.63. The Labute approximate surface area is 97.2 Å². The van der Waals surface area contributed by atoms with Gasteiger partial charge in [0.2, 0.25) is 0 Å². The summed E-state index contributed by atoms with van der Waals surface area (Å²) >= 11 is 3.46. The van der Waals surface area contributed by atoms with Crippen LogP contribution >= 0.6 is 15.9 Å². The lowest BCUT2D eigenvalue weighted by molar-refractivity contribution is 1.52. The molecule has 2 aromatic rings. The second kappa shape index (κ2) is 4.36. The van der Waals surface area contributed by atoms with Gasteiger partial charge in [0.15, 0.2) is 0 Å². The Kier molecular flexibility index (Phi) is 2.92. The van der Waals surface area contributed by atoms with Crippen LogP contribution in [0.25, 0.3) is 0 Å². The minimum absolute atomic E-state index is 0.730. The number of nitrogen functional groups attached to an aromatic ring is 1. The van der Waals surface area contributed by atoms with Crippen molar-refractivity contribution in [2.24, 2.45) is 0 Å². The maximum absolute atomic E-state index is 5.88. The SMILES string of the molecule is Nc1cccc(Br)c1Nc1ccccc1. The van der Waals surface area contributed by atoms with Crippen LogP contribution in [0.3, 0.4) is 0 Å². The van der Waals surface area contributed by atoms with E-state index in [2.05, 4.69) is 21.2 Å². The smallest absolute Gasteiger partial charge is 0.0762 e. The molecule has 3 heteroatoms. The van der Waals surface area contributed by atoms with E-state index in [1.165, 1.54) is 0 Å². The van der Waals surface area contributed by atoms with E-state index in [9.17, 15) is 0 Å². The fraction of sp³-hybridized carbons (Fsp3) is 0. The lowest BCUT2D eigenvalue weighted by atomic mass is 10.2. The summed E-state index contributed by atoms with van der Waals surface area (Å²) in [5.41, 5.74) is 8.54. The number of benzene rings is 2.